The summed E-state index contributed by atoms with van der Waals surface area (Å²) in [4.78, 5) is 24.2. The third kappa shape index (κ3) is 5.16. The molecular formula is C16H16ClNO3S. The summed E-state index contributed by atoms with van der Waals surface area (Å²) in [5, 5.41) is 14.3. The predicted molar refractivity (Wildman–Crippen MR) is 87.4 cm³/mol. The third-order valence-electron chi connectivity index (χ3n) is 3.14. The van der Waals surface area contributed by atoms with Crippen LogP contribution in [0.4, 0.5) is 0 Å². The molecule has 0 saturated heterocycles. The zero-order chi connectivity index (χ0) is 15.9. The predicted octanol–water partition coefficient (Wildman–Crippen LogP) is 3.15. The van der Waals surface area contributed by atoms with Gasteiger partial charge in [0.1, 0.15) is 6.04 Å². The fourth-order valence-electron chi connectivity index (χ4n) is 2.04. The number of carboxylic acid groups (broad SMARTS) is 1. The van der Waals surface area contributed by atoms with Crippen molar-refractivity contribution < 1.29 is 14.7 Å². The fraction of sp³-hybridized carbons (Fsp3) is 0.250. The lowest BCUT2D eigenvalue weighted by Crippen LogP contribution is -2.42. The van der Waals surface area contributed by atoms with E-state index in [4.69, 9.17) is 11.6 Å². The van der Waals surface area contributed by atoms with E-state index in [0.717, 1.165) is 10.4 Å². The van der Waals surface area contributed by atoms with Crippen LogP contribution in [-0.4, -0.2) is 23.0 Å². The van der Waals surface area contributed by atoms with Crippen LogP contribution in [0.3, 0.4) is 0 Å². The van der Waals surface area contributed by atoms with Crippen LogP contribution in [0.5, 0.6) is 0 Å². The van der Waals surface area contributed by atoms with E-state index in [9.17, 15) is 14.7 Å². The van der Waals surface area contributed by atoms with Crippen molar-refractivity contribution >= 4 is 34.8 Å². The molecule has 116 valence electrons. The molecule has 22 heavy (non-hydrogen) atoms. The zero-order valence-corrected chi connectivity index (χ0v) is 13.4. The molecule has 1 heterocycles. The number of benzene rings is 1. The average Bonchev–Trinajstić information content (AvgIpc) is 2.91. The first-order valence-corrected chi connectivity index (χ1v) is 8.09. The van der Waals surface area contributed by atoms with E-state index in [1.807, 2.05) is 41.8 Å². The third-order valence-corrected chi connectivity index (χ3v) is 4.48. The maximum Gasteiger partial charge on any atom is 0.326 e. The molecule has 1 aromatic carbocycles. The lowest BCUT2D eigenvalue weighted by Gasteiger charge is -2.14. The second-order valence-corrected chi connectivity index (χ2v) is 6.31. The van der Waals surface area contributed by atoms with Crippen molar-refractivity contribution in [1.82, 2.24) is 5.32 Å². The highest BCUT2D eigenvalue weighted by atomic mass is 35.5. The quantitative estimate of drug-likeness (QED) is 0.815. The Hall–Kier alpha value is -1.85. The van der Waals surface area contributed by atoms with Gasteiger partial charge < -0.3 is 10.4 Å². The molecule has 0 aliphatic carbocycles. The van der Waals surface area contributed by atoms with Crippen molar-refractivity contribution in [3.8, 4) is 0 Å². The van der Waals surface area contributed by atoms with Crippen LogP contribution in [0, 0.1) is 0 Å². The molecule has 1 atom stereocenters. The van der Waals surface area contributed by atoms with Crippen molar-refractivity contribution in [2.24, 2.45) is 0 Å². The monoisotopic (exact) mass is 337 g/mol. The van der Waals surface area contributed by atoms with Gasteiger partial charge in [-0.2, -0.15) is 0 Å². The van der Waals surface area contributed by atoms with E-state index in [1.165, 1.54) is 11.3 Å². The summed E-state index contributed by atoms with van der Waals surface area (Å²) >= 11 is 7.32. The van der Waals surface area contributed by atoms with E-state index in [2.05, 4.69) is 5.32 Å². The summed E-state index contributed by atoms with van der Waals surface area (Å²) in [6, 6.07) is 10.1. The van der Waals surface area contributed by atoms with Gasteiger partial charge in [0.25, 0.3) is 0 Å². The molecule has 1 aromatic heterocycles. The van der Waals surface area contributed by atoms with E-state index in [-0.39, 0.29) is 18.7 Å². The Balaban J connectivity index is 1.87. The van der Waals surface area contributed by atoms with Crippen molar-refractivity contribution in [3.05, 3.63) is 57.2 Å². The van der Waals surface area contributed by atoms with Crippen LogP contribution in [0.15, 0.2) is 41.8 Å². The molecule has 0 unspecified atom stereocenters. The second-order valence-electron chi connectivity index (χ2n) is 4.88. The van der Waals surface area contributed by atoms with Gasteiger partial charge in [0.2, 0.25) is 5.91 Å². The Morgan fingerprint density at radius 3 is 2.59 bits per heavy atom. The van der Waals surface area contributed by atoms with Crippen LogP contribution in [-0.2, 0) is 22.4 Å². The Morgan fingerprint density at radius 1 is 1.27 bits per heavy atom. The first-order valence-electron chi connectivity index (χ1n) is 6.83. The van der Waals surface area contributed by atoms with Crippen LogP contribution in [0.25, 0.3) is 0 Å². The molecule has 0 bridgehead atoms. The molecule has 6 heteroatoms. The molecular weight excluding hydrogens is 322 g/mol. The average molecular weight is 338 g/mol. The zero-order valence-electron chi connectivity index (χ0n) is 11.8. The topological polar surface area (TPSA) is 66.4 Å². The summed E-state index contributed by atoms with van der Waals surface area (Å²) in [6.45, 7) is 0. The van der Waals surface area contributed by atoms with Gasteiger partial charge in [0, 0.05) is 23.1 Å². The number of hydrogen-bond acceptors (Lipinski definition) is 3. The standard InChI is InChI=1S/C16H16ClNO3S/c17-12-9-13(22-10-12)6-7-15(19)18-14(16(20)21)8-11-4-2-1-3-5-11/h1-5,9-10,14H,6-8H2,(H,18,19)(H,20,21)/t14-/m0/s1. The molecule has 0 spiro atoms. The van der Waals surface area contributed by atoms with Gasteiger partial charge in [-0.3, -0.25) is 4.79 Å². The number of carbonyl (C=O) groups excluding carboxylic acids is 1. The highest BCUT2D eigenvalue weighted by molar-refractivity contribution is 7.10. The smallest absolute Gasteiger partial charge is 0.326 e. The summed E-state index contributed by atoms with van der Waals surface area (Å²) in [5.41, 5.74) is 0.875. The highest BCUT2D eigenvalue weighted by Gasteiger charge is 2.20. The van der Waals surface area contributed by atoms with Crippen LogP contribution >= 0.6 is 22.9 Å². The minimum absolute atomic E-state index is 0.245. The Morgan fingerprint density at radius 2 is 2.00 bits per heavy atom. The van der Waals surface area contributed by atoms with Crippen LogP contribution in [0.1, 0.15) is 16.9 Å². The number of carbonyl (C=O) groups is 2. The van der Waals surface area contributed by atoms with E-state index < -0.39 is 12.0 Å². The van der Waals surface area contributed by atoms with Crippen molar-refractivity contribution in [3.63, 3.8) is 0 Å². The summed E-state index contributed by atoms with van der Waals surface area (Å²) in [7, 11) is 0. The second kappa shape index (κ2) is 7.96. The number of hydrogen-bond donors (Lipinski definition) is 2. The molecule has 4 nitrogen and oxygen atoms in total. The van der Waals surface area contributed by atoms with Crippen molar-refractivity contribution in [2.75, 3.05) is 0 Å². The molecule has 1 amide bonds. The Labute approximate surface area is 137 Å². The SMILES string of the molecule is O=C(CCc1cc(Cl)cs1)N[C@@H](Cc1ccccc1)C(=O)O. The number of carboxylic acids is 1. The summed E-state index contributed by atoms with van der Waals surface area (Å²) < 4.78 is 0. The Kier molecular flexibility index (Phi) is 5.98. The number of nitrogens with one attached hydrogen (secondary N) is 1. The summed E-state index contributed by atoms with van der Waals surface area (Å²) in [5.74, 6) is -1.30. The number of rotatable bonds is 7. The largest absolute Gasteiger partial charge is 0.480 e. The molecule has 0 fully saturated rings. The van der Waals surface area contributed by atoms with Gasteiger partial charge in [0.05, 0.1) is 5.02 Å². The van der Waals surface area contributed by atoms with Gasteiger partial charge in [-0.1, -0.05) is 41.9 Å². The van der Waals surface area contributed by atoms with Gasteiger partial charge in [-0.05, 0) is 18.1 Å². The van der Waals surface area contributed by atoms with Crippen LogP contribution < -0.4 is 5.32 Å². The molecule has 2 N–H and O–H groups in total. The van der Waals surface area contributed by atoms with Crippen molar-refractivity contribution in [1.29, 1.82) is 0 Å². The number of thiophene rings is 1. The maximum absolute atomic E-state index is 11.9. The first kappa shape index (κ1) is 16.5. The van der Waals surface area contributed by atoms with Gasteiger partial charge in [0.15, 0.2) is 0 Å². The van der Waals surface area contributed by atoms with E-state index in [0.29, 0.717) is 11.4 Å². The van der Waals surface area contributed by atoms with Crippen LogP contribution in [0.2, 0.25) is 5.02 Å². The molecule has 0 aliphatic heterocycles. The minimum Gasteiger partial charge on any atom is -0.480 e. The fourth-order valence-corrected chi connectivity index (χ4v) is 3.11. The number of aliphatic carboxylic acids is 1. The lowest BCUT2D eigenvalue weighted by atomic mass is 10.1. The lowest BCUT2D eigenvalue weighted by molar-refractivity contribution is -0.141. The molecule has 2 rings (SSSR count). The molecule has 0 saturated carbocycles. The number of halogens is 1. The number of amides is 1. The van der Waals surface area contributed by atoms with Crippen molar-refractivity contribution in [2.45, 2.75) is 25.3 Å². The summed E-state index contributed by atoms with van der Waals surface area (Å²) in [6.07, 6.45) is 1.07. The van der Waals surface area contributed by atoms with Gasteiger partial charge in [-0.25, -0.2) is 4.79 Å². The van der Waals surface area contributed by atoms with E-state index >= 15 is 0 Å². The Bertz CT molecular complexity index is 642. The minimum atomic E-state index is -1.03. The first-order chi connectivity index (χ1) is 10.5. The van der Waals surface area contributed by atoms with Gasteiger partial charge in [-0.15, -0.1) is 11.3 Å². The highest BCUT2D eigenvalue weighted by Crippen LogP contribution is 2.20. The molecule has 0 aliphatic rings. The normalized spacial score (nSPS) is 11.9. The van der Waals surface area contributed by atoms with E-state index in [1.54, 1.807) is 0 Å². The molecule has 2 aromatic rings. The van der Waals surface area contributed by atoms with Gasteiger partial charge >= 0.3 is 5.97 Å². The number of aryl methyl sites for hydroxylation is 1. The molecule has 0 radical (unpaired) electrons. The maximum atomic E-state index is 11.9.